The number of carboxylic acids is 1. The number of thiazole rings is 1. The smallest absolute Gasteiger partial charge is 0.310 e. The molecule has 0 spiro atoms. The molecule has 0 unspecified atom stereocenters. The Bertz CT molecular complexity index is 440. The minimum absolute atomic E-state index is 0.0994. The fraction of sp³-hybridized carbons (Fsp3) is 0.583. The number of rotatable bonds is 6. The first-order valence-electron chi connectivity index (χ1n) is 5.83. The zero-order valence-corrected chi connectivity index (χ0v) is 11.6. The SMILES string of the molecule is CCCc1ncc(C(=O)NCC(C)(C)C(=O)O)s1. The molecule has 100 valence electrons. The highest BCUT2D eigenvalue weighted by atomic mass is 32.1. The zero-order chi connectivity index (χ0) is 13.8. The molecule has 0 atom stereocenters. The van der Waals surface area contributed by atoms with E-state index in [1.54, 1.807) is 20.0 Å². The predicted molar refractivity (Wildman–Crippen MR) is 69.9 cm³/mol. The normalized spacial score (nSPS) is 11.3. The summed E-state index contributed by atoms with van der Waals surface area (Å²) in [4.78, 5) is 27.4. The maximum atomic E-state index is 11.8. The molecule has 5 nitrogen and oxygen atoms in total. The number of aryl methyl sites for hydroxylation is 1. The van der Waals surface area contributed by atoms with Crippen molar-refractivity contribution >= 4 is 23.2 Å². The molecule has 1 heterocycles. The second kappa shape index (κ2) is 5.95. The van der Waals surface area contributed by atoms with Crippen molar-refractivity contribution in [2.24, 2.45) is 5.41 Å². The minimum Gasteiger partial charge on any atom is -0.481 e. The summed E-state index contributed by atoms with van der Waals surface area (Å²) in [5.41, 5.74) is -0.966. The summed E-state index contributed by atoms with van der Waals surface area (Å²) in [6, 6.07) is 0. The lowest BCUT2D eigenvalue weighted by Crippen LogP contribution is -2.38. The molecular formula is C12H18N2O3S. The van der Waals surface area contributed by atoms with E-state index in [2.05, 4.69) is 17.2 Å². The number of hydrogen-bond acceptors (Lipinski definition) is 4. The van der Waals surface area contributed by atoms with Crippen LogP contribution < -0.4 is 5.32 Å². The largest absolute Gasteiger partial charge is 0.481 e. The number of carboxylic acid groups (broad SMARTS) is 1. The maximum absolute atomic E-state index is 11.8. The molecule has 0 saturated carbocycles. The number of amides is 1. The summed E-state index contributed by atoms with van der Waals surface area (Å²) < 4.78 is 0. The van der Waals surface area contributed by atoms with Gasteiger partial charge in [0.25, 0.3) is 5.91 Å². The number of aromatic nitrogens is 1. The highest BCUT2D eigenvalue weighted by Gasteiger charge is 2.27. The molecule has 0 fully saturated rings. The average Bonchev–Trinajstić information content (AvgIpc) is 2.75. The highest BCUT2D eigenvalue weighted by molar-refractivity contribution is 7.13. The van der Waals surface area contributed by atoms with E-state index in [9.17, 15) is 9.59 Å². The molecule has 18 heavy (non-hydrogen) atoms. The molecule has 1 aromatic heterocycles. The molecule has 0 aliphatic carbocycles. The lowest BCUT2D eigenvalue weighted by atomic mass is 9.94. The van der Waals surface area contributed by atoms with Crippen LogP contribution in [0.1, 0.15) is 41.9 Å². The molecule has 0 aliphatic rings. The summed E-state index contributed by atoms with van der Waals surface area (Å²) in [7, 11) is 0. The third-order valence-corrected chi connectivity index (χ3v) is 3.57. The molecule has 0 radical (unpaired) electrons. The summed E-state index contributed by atoms with van der Waals surface area (Å²) >= 11 is 1.35. The molecule has 0 aliphatic heterocycles. The molecule has 1 aromatic rings. The van der Waals surface area contributed by atoms with Gasteiger partial charge in [0, 0.05) is 6.54 Å². The van der Waals surface area contributed by atoms with Crippen molar-refractivity contribution in [3.8, 4) is 0 Å². The average molecular weight is 270 g/mol. The summed E-state index contributed by atoms with van der Waals surface area (Å²) in [5, 5.41) is 12.5. The van der Waals surface area contributed by atoms with Crippen molar-refractivity contribution in [2.75, 3.05) is 6.54 Å². The van der Waals surface area contributed by atoms with Crippen molar-refractivity contribution in [2.45, 2.75) is 33.6 Å². The van der Waals surface area contributed by atoms with E-state index in [4.69, 9.17) is 5.11 Å². The van der Waals surface area contributed by atoms with E-state index in [1.165, 1.54) is 11.3 Å². The lowest BCUT2D eigenvalue weighted by Gasteiger charge is -2.18. The number of nitrogens with zero attached hydrogens (tertiary/aromatic N) is 1. The molecular weight excluding hydrogens is 252 g/mol. The van der Waals surface area contributed by atoms with E-state index in [1.807, 2.05) is 0 Å². The minimum atomic E-state index is -0.966. The molecule has 1 amide bonds. The van der Waals surface area contributed by atoms with E-state index >= 15 is 0 Å². The molecule has 2 N–H and O–H groups in total. The van der Waals surface area contributed by atoms with Gasteiger partial charge in [-0.25, -0.2) is 4.98 Å². The summed E-state index contributed by atoms with van der Waals surface area (Å²) in [6.45, 7) is 5.30. The van der Waals surface area contributed by atoms with Crippen LogP contribution in [0.2, 0.25) is 0 Å². The number of nitrogens with one attached hydrogen (secondary N) is 1. The summed E-state index contributed by atoms with van der Waals surface area (Å²) in [6.07, 6.45) is 3.39. The van der Waals surface area contributed by atoms with Gasteiger partial charge in [-0.05, 0) is 26.7 Å². The van der Waals surface area contributed by atoms with Crippen LogP contribution in [0.5, 0.6) is 0 Å². The van der Waals surface area contributed by atoms with Gasteiger partial charge in [-0.2, -0.15) is 0 Å². The van der Waals surface area contributed by atoms with Crippen LogP contribution in [-0.2, 0) is 11.2 Å². The van der Waals surface area contributed by atoms with Crippen molar-refractivity contribution in [1.29, 1.82) is 0 Å². The van der Waals surface area contributed by atoms with Gasteiger partial charge in [-0.1, -0.05) is 6.92 Å². The quantitative estimate of drug-likeness (QED) is 0.828. The number of hydrogen-bond donors (Lipinski definition) is 2. The van der Waals surface area contributed by atoms with Gasteiger partial charge < -0.3 is 10.4 Å². The fourth-order valence-electron chi connectivity index (χ4n) is 1.21. The van der Waals surface area contributed by atoms with Gasteiger partial charge in [0.15, 0.2) is 0 Å². The van der Waals surface area contributed by atoms with Crippen LogP contribution in [0, 0.1) is 5.41 Å². The number of carbonyl (C=O) groups is 2. The van der Waals surface area contributed by atoms with Crippen molar-refractivity contribution < 1.29 is 14.7 Å². The van der Waals surface area contributed by atoms with Gasteiger partial charge in [0.1, 0.15) is 4.88 Å². The molecule has 6 heteroatoms. The predicted octanol–water partition coefficient (Wildman–Crippen LogP) is 1.94. The third kappa shape index (κ3) is 3.80. The number of carbonyl (C=O) groups excluding carboxylic acids is 1. The van der Waals surface area contributed by atoms with E-state index in [0.29, 0.717) is 4.88 Å². The Labute approximate surface area is 110 Å². The van der Waals surface area contributed by atoms with Gasteiger partial charge in [0.2, 0.25) is 0 Å². The maximum Gasteiger partial charge on any atom is 0.310 e. The number of aliphatic carboxylic acids is 1. The Hall–Kier alpha value is -1.43. The van der Waals surface area contributed by atoms with Crippen LogP contribution in [0.15, 0.2) is 6.20 Å². The molecule has 1 rings (SSSR count). The van der Waals surface area contributed by atoms with Gasteiger partial charge in [0.05, 0.1) is 16.6 Å². The Morgan fingerprint density at radius 3 is 2.72 bits per heavy atom. The Morgan fingerprint density at radius 1 is 1.50 bits per heavy atom. The molecule has 0 bridgehead atoms. The van der Waals surface area contributed by atoms with E-state index in [-0.39, 0.29) is 12.5 Å². The highest BCUT2D eigenvalue weighted by Crippen LogP contribution is 2.16. The monoisotopic (exact) mass is 270 g/mol. The van der Waals surface area contributed by atoms with Crippen molar-refractivity contribution in [3.63, 3.8) is 0 Å². The van der Waals surface area contributed by atoms with Crippen molar-refractivity contribution in [1.82, 2.24) is 10.3 Å². The van der Waals surface area contributed by atoms with Crippen LogP contribution in [0.4, 0.5) is 0 Å². The molecule has 0 saturated heterocycles. The second-order valence-corrected chi connectivity index (χ2v) is 5.86. The Balaban J connectivity index is 2.57. The van der Waals surface area contributed by atoms with Crippen LogP contribution >= 0.6 is 11.3 Å². The first-order chi connectivity index (χ1) is 8.36. The van der Waals surface area contributed by atoms with Crippen LogP contribution in [0.25, 0.3) is 0 Å². The molecule has 0 aromatic carbocycles. The Kier molecular flexibility index (Phi) is 4.84. The fourth-order valence-corrected chi connectivity index (χ4v) is 2.14. The first-order valence-corrected chi connectivity index (χ1v) is 6.64. The van der Waals surface area contributed by atoms with Crippen LogP contribution in [0.3, 0.4) is 0 Å². The third-order valence-electron chi connectivity index (χ3n) is 2.51. The lowest BCUT2D eigenvalue weighted by molar-refractivity contribution is -0.146. The van der Waals surface area contributed by atoms with Gasteiger partial charge in [-0.3, -0.25) is 9.59 Å². The first kappa shape index (κ1) is 14.6. The Morgan fingerprint density at radius 2 is 2.17 bits per heavy atom. The van der Waals surface area contributed by atoms with Crippen LogP contribution in [-0.4, -0.2) is 28.5 Å². The standard InChI is InChI=1S/C12H18N2O3S/c1-4-5-9-13-6-8(18-9)10(15)14-7-12(2,3)11(16)17/h6H,4-5,7H2,1-3H3,(H,14,15)(H,16,17). The van der Waals surface area contributed by atoms with E-state index in [0.717, 1.165) is 17.8 Å². The second-order valence-electron chi connectivity index (χ2n) is 4.74. The topological polar surface area (TPSA) is 79.3 Å². The van der Waals surface area contributed by atoms with Gasteiger partial charge in [-0.15, -0.1) is 11.3 Å². The zero-order valence-electron chi connectivity index (χ0n) is 10.8. The van der Waals surface area contributed by atoms with Crippen molar-refractivity contribution in [3.05, 3.63) is 16.1 Å². The van der Waals surface area contributed by atoms with E-state index < -0.39 is 11.4 Å². The summed E-state index contributed by atoms with van der Waals surface area (Å²) in [5.74, 6) is -1.19. The van der Waals surface area contributed by atoms with Gasteiger partial charge >= 0.3 is 5.97 Å².